The van der Waals surface area contributed by atoms with Crippen molar-refractivity contribution in [3.63, 3.8) is 0 Å². The molecule has 1 heterocycles. The molecule has 1 aromatic heterocycles. The third kappa shape index (κ3) is 3.28. The molecule has 0 bridgehead atoms. The summed E-state index contributed by atoms with van der Waals surface area (Å²) in [6.07, 6.45) is 0. The van der Waals surface area contributed by atoms with Gasteiger partial charge in [0.15, 0.2) is 5.16 Å². The molecule has 0 amide bonds. The summed E-state index contributed by atoms with van der Waals surface area (Å²) >= 11 is 0.980. The van der Waals surface area contributed by atoms with Crippen LogP contribution >= 0.6 is 11.8 Å². The van der Waals surface area contributed by atoms with Crippen LogP contribution in [-0.2, 0) is 16.1 Å². The van der Waals surface area contributed by atoms with E-state index in [1.807, 2.05) is 6.07 Å². The molecular weight excluding hydrogens is 282 g/mol. The third-order valence-electron chi connectivity index (χ3n) is 2.45. The number of carbonyl (C=O) groups is 1. The molecule has 0 saturated heterocycles. The van der Waals surface area contributed by atoms with Crippen molar-refractivity contribution >= 4 is 17.7 Å². The Labute approximate surface area is 118 Å². The van der Waals surface area contributed by atoms with E-state index in [0.717, 1.165) is 17.3 Å². The van der Waals surface area contributed by atoms with Gasteiger partial charge in [-0.2, -0.15) is 0 Å². The van der Waals surface area contributed by atoms with Crippen molar-refractivity contribution in [3.8, 4) is 5.69 Å². The van der Waals surface area contributed by atoms with Crippen LogP contribution in [0.25, 0.3) is 5.69 Å². The number of hydrogen-bond donors (Lipinski definition) is 2. The first-order valence-corrected chi connectivity index (χ1v) is 6.70. The second-order valence-corrected chi connectivity index (χ2v) is 4.87. The van der Waals surface area contributed by atoms with E-state index in [-0.39, 0.29) is 5.75 Å². The average molecular weight is 295 g/mol. The maximum atomic E-state index is 11.8. The number of hydrogen-bond acceptors (Lipinski definition) is 5. The van der Waals surface area contributed by atoms with Crippen molar-refractivity contribution in [2.45, 2.75) is 11.8 Å². The van der Waals surface area contributed by atoms with E-state index < -0.39 is 11.7 Å². The molecule has 1 aromatic carbocycles. The van der Waals surface area contributed by atoms with E-state index in [2.05, 4.69) is 10.2 Å². The molecule has 106 valence electrons. The minimum Gasteiger partial charge on any atom is -0.481 e. The fourth-order valence-corrected chi connectivity index (χ4v) is 2.37. The molecule has 2 N–H and O–H groups in total. The van der Waals surface area contributed by atoms with Gasteiger partial charge in [0, 0.05) is 7.11 Å². The molecule has 7 nitrogen and oxygen atoms in total. The summed E-state index contributed by atoms with van der Waals surface area (Å²) in [7, 11) is 1.59. The van der Waals surface area contributed by atoms with Crippen LogP contribution in [0.15, 0.2) is 34.2 Å². The number of rotatable bonds is 6. The fourth-order valence-electron chi connectivity index (χ4n) is 1.69. The number of ether oxygens (including phenoxy) is 1. The second kappa shape index (κ2) is 6.40. The van der Waals surface area contributed by atoms with Gasteiger partial charge in [-0.1, -0.05) is 23.9 Å². The first-order valence-electron chi connectivity index (χ1n) is 5.72. The largest absolute Gasteiger partial charge is 0.481 e. The number of aromatic nitrogens is 3. The minimum atomic E-state index is -0.967. The lowest BCUT2D eigenvalue weighted by Gasteiger charge is -2.06. The molecule has 20 heavy (non-hydrogen) atoms. The molecule has 2 rings (SSSR count). The Balaban J connectivity index is 2.36. The molecule has 0 unspecified atom stereocenters. The van der Waals surface area contributed by atoms with Crippen LogP contribution in [0.3, 0.4) is 0 Å². The van der Waals surface area contributed by atoms with E-state index in [1.165, 1.54) is 4.57 Å². The first-order chi connectivity index (χ1) is 9.61. The summed E-state index contributed by atoms with van der Waals surface area (Å²) in [5, 5.41) is 15.2. The lowest BCUT2D eigenvalue weighted by Crippen LogP contribution is -2.16. The van der Waals surface area contributed by atoms with E-state index >= 15 is 0 Å². The molecule has 0 atom stereocenters. The molecule has 0 radical (unpaired) electrons. The van der Waals surface area contributed by atoms with Crippen molar-refractivity contribution < 1.29 is 14.6 Å². The van der Waals surface area contributed by atoms with Gasteiger partial charge in [-0.05, 0) is 17.7 Å². The van der Waals surface area contributed by atoms with Gasteiger partial charge >= 0.3 is 11.7 Å². The Hall–Kier alpha value is -2.06. The molecular formula is C12H13N3O4S. The van der Waals surface area contributed by atoms with Gasteiger partial charge in [-0.25, -0.2) is 14.5 Å². The van der Waals surface area contributed by atoms with E-state index in [9.17, 15) is 9.59 Å². The van der Waals surface area contributed by atoms with Crippen LogP contribution in [0.1, 0.15) is 5.56 Å². The number of carboxylic acid groups (broad SMARTS) is 1. The van der Waals surface area contributed by atoms with Gasteiger partial charge in [-0.3, -0.25) is 4.79 Å². The lowest BCUT2D eigenvalue weighted by molar-refractivity contribution is -0.133. The Kier molecular flexibility index (Phi) is 4.59. The maximum absolute atomic E-state index is 11.8. The quantitative estimate of drug-likeness (QED) is 0.768. The van der Waals surface area contributed by atoms with Gasteiger partial charge in [0.1, 0.15) is 0 Å². The summed E-state index contributed by atoms with van der Waals surface area (Å²) in [5.74, 6) is -1.13. The highest BCUT2D eigenvalue weighted by molar-refractivity contribution is 7.99. The molecule has 2 aromatic rings. The van der Waals surface area contributed by atoms with Crippen LogP contribution in [0.5, 0.6) is 0 Å². The highest BCUT2D eigenvalue weighted by Crippen LogP contribution is 2.18. The summed E-state index contributed by atoms with van der Waals surface area (Å²) in [4.78, 5) is 22.4. The summed E-state index contributed by atoms with van der Waals surface area (Å²) < 4.78 is 6.39. The van der Waals surface area contributed by atoms with Crippen LogP contribution in [0.2, 0.25) is 0 Å². The van der Waals surface area contributed by atoms with Crippen LogP contribution in [0.4, 0.5) is 0 Å². The van der Waals surface area contributed by atoms with Crippen LogP contribution < -0.4 is 5.69 Å². The number of thioether (sulfide) groups is 1. The van der Waals surface area contributed by atoms with Gasteiger partial charge in [0.05, 0.1) is 18.0 Å². The zero-order valence-electron chi connectivity index (χ0n) is 10.7. The Bertz CT molecular complexity index is 665. The third-order valence-corrected chi connectivity index (χ3v) is 3.37. The van der Waals surface area contributed by atoms with Gasteiger partial charge in [-0.15, -0.1) is 5.10 Å². The molecule has 0 spiro atoms. The Morgan fingerprint density at radius 1 is 1.55 bits per heavy atom. The molecule has 0 aliphatic rings. The average Bonchev–Trinajstić information content (AvgIpc) is 2.78. The first kappa shape index (κ1) is 14.4. The number of benzene rings is 1. The molecule has 0 aliphatic carbocycles. The van der Waals surface area contributed by atoms with Crippen LogP contribution in [0, 0.1) is 0 Å². The zero-order chi connectivity index (χ0) is 14.5. The number of carboxylic acids is 1. The predicted octanol–water partition coefficient (Wildman–Crippen LogP) is 0.884. The number of nitrogens with one attached hydrogen (secondary N) is 1. The summed E-state index contributed by atoms with van der Waals surface area (Å²) in [6.45, 7) is 0.429. The maximum Gasteiger partial charge on any atom is 0.348 e. The normalized spacial score (nSPS) is 10.7. The number of aromatic amines is 1. The van der Waals surface area contributed by atoms with Crippen molar-refractivity contribution in [3.05, 3.63) is 40.3 Å². The van der Waals surface area contributed by atoms with Gasteiger partial charge < -0.3 is 9.84 Å². The second-order valence-electron chi connectivity index (χ2n) is 3.93. The monoisotopic (exact) mass is 295 g/mol. The minimum absolute atomic E-state index is 0.165. The van der Waals surface area contributed by atoms with E-state index in [1.54, 1.807) is 25.3 Å². The molecule has 0 aliphatic heterocycles. The zero-order valence-corrected chi connectivity index (χ0v) is 11.5. The Morgan fingerprint density at radius 2 is 2.35 bits per heavy atom. The van der Waals surface area contributed by atoms with E-state index in [0.29, 0.717) is 17.5 Å². The van der Waals surface area contributed by atoms with Gasteiger partial charge in [0.25, 0.3) is 0 Å². The molecule has 0 fully saturated rings. The smallest absolute Gasteiger partial charge is 0.348 e. The van der Waals surface area contributed by atoms with Crippen molar-refractivity contribution in [1.29, 1.82) is 0 Å². The fraction of sp³-hybridized carbons (Fsp3) is 0.250. The number of methoxy groups -OCH3 is 1. The predicted molar refractivity (Wildman–Crippen MR) is 73.3 cm³/mol. The number of H-pyrrole nitrogens is 1. The highest BCUT2D eigenvalue weighted by atomic mass is 32.2. The molecule has 0 saturated carbocycles. The van der Waals surface area contributed by atoms with Gasteiger partial charge in [0.2, 0.25) is 0 Å². The van der Waals surface area contributed by atoms with E-state index in [4.69, 9.17) is 9.84 Å². The standard InChI is InChI=1S/C12H13N3O4S/c1-19-6-8-3-2-4-9(5-8)15-11(18)13-14-12(15)20-7-10(16)17/h2-5H,6-7H2,1H3,(H,13,18)(H,16,17). The van der Waals surface area contributed by atoms with Crippen molar-refractivity contribution in [2.75, 3.05) is 12.9 Å². The number of aliphatic carboxylic acids is 1. The molecule has 8 heteroatoms. The topological polar surface area (TPSA) is 97.2 Å². The van der Waals surface area contributed by atoms with Crippen molar-refractivity contribution in [1.82, 2.24) is 14.8 Å². The Morgan fingerprint density at radius 3 is 3.05 bits per heavy atom. The SMILES string of the molecule is COCc1cccc(-n2c(SCC(=O)O)n[nH]c2=O)c1. The summed E-state index contributed by atoms with van der Waals surface area (Å²) in [6, 6.07) is 7.23. The highest BCUT2D eigenvalue weighted by Gasteiger charge is 2.12. The lowest BCUT2D eigenvalue weighted by atomic mass is 10.2. The van der Waals surface area contributed by atoms with Crippen molar-refractivity contribution in [2.24, 2.45) is 0 Å². The summed E-state index contributed by atoms with van der Waals surface area (Å²) in [5.41, 5.74) is 1.12. The van der Waals surface area contributed by atoms with Crippen LogP contribution in [-0.4, -0.2) is 38.7 Å². The number of nitrogens with zero attached hydrogens (tertiary/aromatic N) is 2.